The van der Waals surface area contributed by atoms with Crippen LogP contribution >= 0.6 is 47.8 Å². The number of halogens is 3. The number of nitrogens with two attached hydrogens (primary N) is 1. The van der Waals surface area contributed by atoms with Gasteiger partial charge in [0.1, 0.15) is 5.52 Å². The maximum Gasteiger partial charge on any atom is 0.206 e. The van der Waals surface area contributed by atoms with Gasteiger partial charge in [0.25, 0.3) is 0 Å². The van der Waals surface area contributed by atoms with Crippen LogP contribution in [0, 0.1) is 0 Å². The molecule has 0 bridgehead atoms. The molecule has 1 aromatic carbocycles. The van der Waals surface area contributed by atoms with E-state index < -0.39 is 0 Å². The highest BCUT2D eigenvalue weighted by molar-refractivity contribution is 9.14. The number of morpholine rings is 1. The van der Waals surface area contributed by atoms with Gasteiger partial charge < -0.3 is 19.9 Å². The number of nitrogens with zero attached hydrogens (tertiary/aromatic N) is 3. The van der Waals surface area contributed by atoms with Gasteiger partial charge in [0.15, 0.2) is 0 Å². The number of benzene rings is 1. The molecule has 2 aliphatic rings. The summed E-state index contributed by atoms with van der Waals surface area (Å²) < 4.78 is 11.2. The second-order valence-corrected chi connectivity index (χ2v) is 8.34. The Hall–Kier alpha value is -0.150. The molecular weight excluding hydrogens is 492 g/mol. The Morgan fingerprint density at radius 2 is 2.00 bits per heavy atom. The van der Waals surface area contributed by atoms with Crippen LogP contribution in [0.25, 0.3) is 11.0 Å². The summed E-state index contributed by atoms with van der Waals surface area (Å²) in [5, 5.41) is 0. The van der Waals surface area contributed by atoms with Gasteiger partial charge in [0.2, 0.25) is 5.95 Å². The van der Waals surface area contributed by atoms with Gasteiger partial charge in [-0.15, -0.1) is 0 Å². The molecule has 23 heavy (non-hydrogen) atoms. The molecule has 2 aliphatic heterocycles. The third-order valence-corrected chi connectivity index (χ3v) is 8.09. The van der Waals surface area contributed by atoms with Crippen LogP contribution < -0.4 is 10.6 Å². The van der Waals surface area contributed by atoms with Gasteiger partial charge >= 0.3 is 0 Å². The molecule has 0 saturated carbocycles. The minimum atomic E-state index is 0.0846. The van der Waals surface area contributed by atoms with E-state index in [4.69, 9.17) is 15.5 Å². The maximum atomic E-state index is 5.79. The van der Waals surface area contributed by atoms with Gasteiger partial charge in [-0.3, -0.25) is 0 Å². The molecule has 0 radical (unpaired) electrons. The molecule has 0 amide bonds. The van der Waals surface area contributed by atoms with Gasteiger partial charge in [-0.1, -0.05) is 0 Å². The molecule has 5 nitrogen and oxygen atoms in total. The monoisotopic (exact) mass is 506 g/mol. The smallest absolute Gasteiger partial charge is 0.206 e. The van der Waals surface area contributed by atoms with E-state index in [2.05, 4.69) is 57.3 Å². The number of rotatable bonds is 2. The number of aryl methyl sites for hydroxylation is 2. The van der Waals surface area contributed by atoms with Gasteiger partial charge in [0, 0.05) is 35.1 Å². The number of anilines is 1. The zero-order valence-corrected chi connectivity index (χ0v) is 17.2. The molecule has 1 aromatic heterocycles. The summed E-state index contributed by atoms with van der Waals surface area (Å²) in [7, 11) is 0. The van der Waals surface area contributed by atoms with Crippen molar-refractivity contribution in [3.63, 3.8) is 0 Å². The van der Waals surface area contributed by atoms with E-state index in [9.17, 15) is 0 Å². The van der Waals surface area contributed by atoms with E-state index in [1.807, 2.05) is 0 Å². The first-order valence-corrected chi connectivity index (χ1v) is 10.1. The van der Waals surface area contributed by atoms with E-state index in [0.29, 0.717) is 13.2 Å². The molecular formula is C15H17Br3N4O. The van der Waals surface area contributed by atoms with Gasteiger partial charge in [-0.2, -0.15) is 0 Å². The highest BCUT2D eigenvalue weighted by Gasteiger charge is 2.29. The number of hydrogen-bond acceptors (Lipinski definition) is 4. The molecule has 1 saturated heterocycles. The van der Waals surface area contributed by atoms with Crippen molar-refractivity contribution in [1.29, 1.82) is 0 Å². The molecule has 2 aromatic rings. The summed E-state index contributed by atoms with van der Waals surface area (Å²) in [4.78, 5) is 7.28. The second-order valence-electron chi connectivity index (χ2n) is 5.96. The first kappa shape index (κ1) is 16.3. The standard InChI is InChI=1S/C15H17Br3N4O/c16-10-9-2-1-3-22-14(9)13(12(18)11(10)17)20-15(22)21-4-5-23-8(6-19)7-21/h8H,1-7,19H2. The molecule has 0 aliphatic carbocycles. The Morgan fingerprint density at radius 1 is 1.17 bits per heavy atom. The number of imidazole rings is 1. The topological polar surface area (TPSA) is 56.3 Å². The largest absolute Gasteiger partial charge is 0.373 e. The summed E-state index contributed by atoms with van der Waals surface area (Å²) in [6.45, 7) is 3.91. The minimum absolute atomic E-state index is 0.0846. The quantitative estimate of drug-likeness (QED) is 0.631. The lowest BCUT2D eigenvalue weighted by Crippen LogP contribution is -2.46. The van der Waals surface area contributed by atoms with E-state index in [1.165, 1.54) is 11.1 Å². The molecule has 8 heteroatoms. The first-order chi connectivity index (χ1) is 11.1. The van der Waals surface area contributed by atoms with Gasteiger partial charge in [-0.25, -0.2) is 4.98 Å². The Bertz CT molecular complexity index is 776. The lowest BCUT2D eigenvalue weighted by molar-refractivity contribution is 0.0458. The molecule has 1 fully saturated rings. The van der Waals surface area contributed by atoms with Crippen molar-refractivity contribution in [1.82, 2.24) is 9.55 Å². The van der Waals surface area contributed by atoms with Crippen molar-refractivity contribution in [3.05, 3.63) is 19.0 Å². The number of ether oxygens (including phenoxy) is 1. The number of hydrogen-bond donors (Lipinski definition) is 1. The van der Waals surface area contributed by atoms with Crippen LogP contribution in [0.15, 0.2) is 13.4 Å². The van der Waals surface area contributed by atoms with E-state index >= 15 is 0 Å². The fraction of sp³-hybridized carbons (Fsp3) is 0.533. The summed E-state index contributed by atoms with van der Waals surface area (Å²) in [5.41, 5.74) is 9.39. The van der Waals surface area contributed by atoms with E-state index in [-0.39, 0.29) is 6.10 Å². The predicted molar refractivity (Wildman–Crippen MR) is 102 cm³/mol. The van der Waals surface area contributed by atoms with Crippen molar-refractivity contribution in [3.8, 4) is 0 Å². The molecule has 124 valence electrons. The van der Waals surface area contributed by atoms with Crippen LogP contribution in [-0.2, 0) is 17.7 Å². The lowest BCUT2D eigenvalue weighted by atomic mass is 10.0. The fourth-order valence-electron chi connectivity index (χ4n) is 3.48. The molecule has 0 spiro atoms. The molecule has 2 N–H and O–H groups in total. The Labute approximate surface area is 159 Å². The Balaban J connectivity index is 1.89. The number of aromatic nitrogens is 2. The zero-order chi connectivity index (χ0) is 16.1. The van der Waals surface area contributed by atoms with Crippen LogP contribution in [0.1, 0.15) is 12.0 Å². The van der Waals surface area contributed by atoms with Crippen LogP contribution in [0.2, 0.25) is 0 Å². The van der Waals surface area contributed by atoms with Crippen molar-refractivity contribution >= 4 is 64.8 Å². The normalized spacial score (nSPS) is 21.2. The predicted octanol–water partition coefficient (Wildman–Crippen LogP) is 3.43. The Kier molecular flexibility index (Phi) is 4.47. The average molecular weight is 509 g/mol. The SMILES string of the molecule is NCC1CN(c2nc3c(Br)c(Br)c(Br)c4c3n2CCC4)CCO1. The van der Waals surface area contributed by atoms with Gasteiger partial charge in [0.05, 0.1) is 22.7 Å². The molecule has 1 atom stereocenters. The zero-order valence-electron chi connectivity index (χ0n) is 12.5. The third kappa shape index (κ3) is 2.57. The maximum absolute atomic E-state index is 5.79. The molecule has 4 rings (SSSR count). The lowest BCUT2D eigenvalue weighted by Gasteiger charge is -2.33. The van der Waals surface area contributed by atoms with Crippen LogP contribution in [0.4, 0.5) is 5.95 Å². The van der Waals surface area contributed by atoms with Crippen molar-refractivity contribution < 1.29 is 4.74 Å². The summed E-state index contributed by atoms with van der Waals surface area (Å²) in [6.07, 6.45) is 2.28. The van der Waals surface area contributed by atoms with Crippen LogP contribution in [-0.4, -0.2) is 41.9 Å². The minimum Gasteiger partial charge on any atom is -0.373 e. The summed E-state index contributed by atoms with van der Waals surface area (Å²) in [6, 6.07) is 0. The fourth-order valence-corrected chi connectivity index (χ4v) is 5.23. The van der Waals surface area contributed by atoms with Crippen molar-refractivity contribution in [2.45, 2.75) is 25.5 Å². The highest BCUT2D eigenvalue weighted by atomic mass is 79.9. The van der Waals surface area contributed by atoms with E-state index in [1.54, 1.807) is 0 Å². The molecule has 3 heterocycles. The van der Waals surface area contributed by atoms with E-state index in [0.717, 1.165) is 57.4 Å². The second kappa shape index (κ2) is 6.29. The van der Waals surface area contributed by atoms with Crippen molar-refractivity contribution in [2.75, 3.05) is 31.1 Å². The average Bonchev–Trinajstić information content (AvgIpc) is 2.98. The van der Waals surface area contributed by atoms with Crippen LogP contribution in [0.5, 0.6) is 0 Å². The van der Waals surface area contributed by atoms with Crippen molar-refractivity contribution in [2.24, 2.45) is 5.73 Å². The Morgan fingerprint density at radius 3 is 2.78 bits per heavy atom. The first-order valence-electron chi connectivity index (χ1n) is 7.74. The summed E-state index contributed by atoms with van der Waals surface area (Å²) >= 11 is 11.1. The summed E-state index contributed by atoms with van der Waals surface area (Å²) in [5.74, 6) is 1.04. The van der Waals surface area contributed by atoms with Gasteiger partial charge in [-0.05, 0) is 66.2 Å². The highest BCUT2D eigenvalue weighted by Crippen LogP contribution is 2.44. The third-order valence-electron chi connectivity index (χ3n) is 4.58. The molecule has 1 unspecified atom stereocenters. The van der Waals surface area contributed by atoms with Crippen LogP contribution in [0.3, 0.4) is 0 Å².